The Morgan fingerprint density at radius 3 is 2.86 bits per heavy atom. The Balaban J connectivity index is 1.59. The van der Waals surface area contributed by atoms with Crippen LogP contribution in [0.15, 0.2) is 18.3 Å². The van der Waals surface area contributed by atoms with E-state index in [1.165, 1.54) is 4.31 Å². The topological polar surface area (TPSA) is 112 Å². The highest BCUT2D eigenvalue weighted by Gasteiger charge is 2.31. The molecule has 3 rings (SSSR count). The van der Waals surface area contributed by atoms with Gasteiger partial charge in [-0.15, -0.1) is 0 Å². The molecular formula is C18H27N5O4S. The molecule has 2 N–H and O–H groups in total. The van der Waals surface area contributed by atoms with Crippen LogP contribution in [0.1, 0.15) is 26.2 Å². The van der Waals surface area contributed by atoms with Gasteiger partial charge in [0.05, 0.1) is 30.1 Å². The van der Waals surface area contributed by atoms with E-state index in [4.69, 9.17) is 0 Å². The number of hydrogen-bond donors (Lipinski definition) is 2. The van der Waals surface area contributed by atoms with Crippen LogP contribution in [-0.4, -0.2) is 68.0 Å². The number of nitrogens with one attached hydrogen (secondary N) is 2. The van der Waals surface area contributed by atoms with Gasteiger partial charge in [0, 0.05) is 26.2 Å². The van der Waals surface area contributed by atoms with E-state index in [2.05, 4.69) is 15.6 Å². The van der Waals surface area contributed by atoms with Gasteiger partial charge in [-0.25, -0.2) is 17.7 Å². The molecule has 0 aliphatic carbocycles. The number of carbonyl (C=O) groups excluding carboxylic acids is 2. The van der Waals surface area contributed by atoms with Crippen molar-refractivity contribution in [1.29, 1.82) is 0 Å². The molecule has 2 aliphatic rings. The smallest absolute Gasteiger partial charge is 0.239 e. The van der Waals surface area contributed by atoms with E-state index in [1.807, 2.05) is 11.8 Å². The average Bonchev–Trinajstić information content (AvgIpc) is 2.68. The van der Waals surface area contributed by atoms with Crippen LogP contribution in [0, 0.1) is 5.92 Å². The second-order valence-corrected chi connectivity index (χ2v) is 9.27. The molecule has 0 unspecified atom stereocenters. The van der Waals surface area contributed by atoms with Crippen LogP contribution in [0.2, 0.25) is 0 Å². The molecular weight excluding hydrogens is 382 g/mol. The lowest BCUT2D eigenvalue weighted by atomic mass is 9.99. The van der Waals surface area contributed by atoms with Crippen LogP contribution in [0.5, 0.6) is 0 Å². The Bertz CT molecular complexity index is 812. The molecule has 1 aromatic rings. The molecule has 154 valence electrons. The Morgan fingerprint density at radius 1 is 1.36 bits per heavy atom. The summed E-state index contributed by atoms with van der Waals surface area (Å²) in [6.07, 6.45) is 3.47. The molecule has 28 heavy (non-hydrogen) atoms. The van der Waals surface area contributed by atoms with Gasteiger partial charge >= 0.3 is 0 Å². The summed E-state index contributed by atoms with van der Waals surface area (Å²) < 4.78 is 26.0. The lowest BCUT2D eigenvalue weighted by Gasteiger charge is -2.31. The predicted octanol–water partition coefficient (Wildman–Crippen LogP) is 0.408. The van der Waals surface area contributed by atoms with Crippen molar-refractivity contribution in [3.8, 4) is 0 Å². The summed E-state index contributed by atoms with van der Waals surface area (Å²) in [6.45, 7) is 4.07. The van der Waals surface area contributed by atoms with Gasteiger partial charge in [-0.2, -0.15) is 0 Å². The first kappa shape index (κ1) is 20.5. The highest BCUT2D eigenvalue weighted by Crippen LogP contribution is 2.22. The van der Waals surface area contributed by atoms with Crippen LogP contribution in [0.4, 0.5) is 11.5 Å². The lowest BCUT2D eigenvalue weighted by molar-refractivity contribution is -0.121. The Labute approximate surface area is 165 Å². The highest BCUT2D eigenvalue weighted by atomic mass is 32.2. The number of nitrogens with zero attached hydrogens (tertiary/aromatic N) is 3. The summed E-state index contributed by atoms with van der Waals surface area (Å²) in [5.41, 5.74) is 0.559. The molecule has 1 atom stereocenters. The maximum absolute atomic E-state index is 12.6. The fourth-order valence-electron chi connectivity index (χ4n) is 3.52. The SMILES string of the molecule is CCCS(=O)(=O)N1CCC[C@H](C(=O)Nc2ccc(N3CCNC(=O)C3)nc2)C1. The summed E-state index contributed by atoms with van der Waals surface area (Å²) in [4.78, 5) is 30.3. The minimum Gasteiger partial charge on any atom is -0.353 e. The zero-order valence-corrected chi connectivity index (χ0v) is 16.9. The molecule has 2 fully saturated rings. The zero-order chi connectivity index (χ0) is 20.1. The quantitative estimate of drug-likeness (QED) is 0.704. The largest absolute Gasteiger partial charge is 0.353 e. The van der Waals surface area contributed by atoms with Crippen LogP contribution in [0.3, 0.4) is 0 Å². The molecule has 1 aromatic heterocycles. The molecule has 0 aromatic carbocycles. The second-order valence-electron chi connectivity index (χ2n) is 7.18. The summed E-state index contributed by atoms with van der Waals surface area (Å²) in [6, 6.07) is 3.52. The fraction of sp³-hybridized carbons (Fsp3) is 0.611. The maximum Gasteiger partial charge on any atom is 0.239 e. The van der Waals surface area contributed by atoms with Crippen LogP contribution < -0.4 is 15.5 Å². The summed E-state index contributed by atoms with van der Waals surface area (Å²) in [7, 11) is -3.29. The van der Waals surface area contributed by atoms with E-state index in [0.29, 0.717) is 50.4 Å². The number of amides is 2. The molecule has 3 heterocycles. The lowest BCUT2D eigenvalue weighted by Crippen LogP contribution is -2.48. The van der Waals surface area contributed by atoms with E-state index in [0.717, 1.165) is 0 Å². The number of carbonyl (C=O) groups is 2. The summed E-state index contributed by atoms with van der Waals surface area (Å²) >= 11 is 0. The average molecular weight is 410 g/mol. The molecule has 10 heteroatoms. The van der Waals surface area contributed by atoms with E-state index < -0.39 is 10.0 Å². The van der Waals surface area contributed by atoms with Gasteiger partial charge in [-0.1, -0.05) is 6.92 Å². The van der Waals surface area contributed by atoms with Crippen molar-refractivity contribution in [3.05, 3.63) is 18.3 Å². The number of piperidine rings is 1. The summed E-state index contributed by atoms with van der Waals surface area (Å²) in [5.74, 6) is 0.197. The minimum atomic E-state index is -3.29. The van der Waals surface area contributed by atoms with E-state index in [9.17, 15) is 18.0 Å². The Kier molecular flexibility index (Phi) is 6.50. The molecule has 2 saturated heterocycles. The number of anilines is 2. The van der Waals surface area contributed by atoms with Crippen LogP contribution in [-0.2, 0) is 19.6 Å². The van der Waals surface area contributed by atoms with Crippen LogP contribution >= 0.6 is 0 Å². The second kappa shape index (κ2) is 8.87. The van der Waals surface area contributed by atoms with Crippen LogP contribution in [0.25, 0.3) is 0 Å². The minimum absolute atomic E-state index is 0.0368. The van der Waals surface area contributed by atoms with Gasteiger partial charge in [-0.05, 0) is 31.4 Å². The first-order valence-corrected chi connectivity index (χ1v) is 11.3. The number of hydrogen-bond acceptors (Lipinski definition) is 6. The van der Waals surface area contributed by atoms with Gasteiger partial charge in [-0.3, -0.25) is 9.59 Å². The fourth-order valence-corrected chi connectivity index (χ4v) is 5.11. The Morgan fingerprint density at radius 2 is 2.18 bits per heavy atom. The first-order chi connectivity index (χ1) is 13.4. The Hall–Kier alpha value is -2.20. The van der Waals surface area contributed by atoms with Crippen molar-refractivity contribution >= 4 is 33.3 Å². The van der Waals surface area contributed by atoms with Crippen molar-refractivity contribution in [3.63, 3.8) is 0 Å². The first-order valence-electron chi connectivity index (χ1n) is 9.65. The molecule has 2 aliphatic heterocycles. The van der Waals surface area contributed by atoms with Gasteiger partial charge in [0.25, 0.3) is 0 Å². The van der Waals surface area contributed by atoms with Gasteiger partial charge in [0.15, 0.2) is 0 Å². The van der Waals surface area contributed by atoms with Crippen molar-refractivity contribution in [2.75, 3.05) is 48.7 Å². The number of pyridine rings is 1. The maximum atomic E-state index is 12.6. The predicted molar refractivity (Wildman–Crippen MR) is 106 cm³/mol. The van der Waals surface area contributed by atoms with Gasteiger partial charge < -0.3 is 15.5 Å². The molecule has 0 saturated carbocycles. The number of rotatable bonds is 6. The van der Waals surface area contributed by atoms with Gasteiger partial charge in [0.2, 0.25) is 21.8 Å². The van der Waals surface area contributed by atoms with E-state index in [1.54, 1.807) is 18.3 Å². The molecule has 0 radical (unpaired) electrons. The third kappa shape index (κ3) is 4.99. The third-order valence-corrected chi connectivity index (χ3v) is 7.03. The highest BCUT2D eigenvalue weighted by molar-refractivity contribution is 7.89. The molecule has 0 bridgehead atoms. The molecule has 0 spiro atoms. The third-order valence-electron chi connectivity index (χ3n) is 4.99. The van der Waals surface area contributed by atoms with Crippen molar-refractivity contribution in [2.24, 2.45) is 5.92 Å². The van der Waals surface area contributed by atoms with Crippen molar-refractivity contribution < 1.29 is 18.0 Å². The van der Waals surface area contributed by atoms with Crippen molar-refractivity contribution in [2.45, 2.75) is 26.2 Å². The van der Waals surface area contributed by atoms with Crippen molar-refractivity contribution in [1.82, 2.24) is 14.6 Å². The number of sulfonamides is 1. The normalized spacial score (nSPS) is 21.2. The monoisotopic (exact) mass is 409 g/mol. The summed E-state index contributed by atoms with van der Waals surface area (Å²) in [5, 5.41) is 5.60. The van der Waals surface area contributed by atoms with E-state index in [-0.39, 0.29) is 36.6 Å². The van der Waals surface area contributed by atoms with Gasteiger partial charge in [0.1, 0.15) is 5.82 Å². The van der Waals surface area contributed by atoms with E-state index >= 15 is 0 Å². The zero-order valence-electron chi connectivity index (χ0n) is 16.1. The molecule has 2 amide bonds. The number of piperazine rings is 1. The molecule has 9 nitrogen and oxygen atoms in total. The standard InChI is InChI=1S/C18H27N5O4S/c1-2-10-28(26,27)23-8-3-4-14(12-23)18(25)21-15-5-6-16(20-11-15)22-9-7-19-17(24)13-22/h5-6,11,14H,2-4,7-10,12-13H2,1H3,(H,19,24)(H,21,25)/t14-/m0/s1. The number of aromatic nitrogens is 1.